The lowest BCUT2D eigenvalue weighted by atomic mass is 10.4. The second kappa shape index (κ2) is 3.78. The molecule has 0 aliphatic carbocycles. The standard InChI is InChI=1S/C9H11N5/c10-7-1-3-11-9(5-7)12-6-8-2-4-13-14-8/h1-5H,6H2,(H,13,14)(H3,10,11,12). The Morgan fingerprint density at radius 2 is 2.29 bits per heavy atom. The van der Waals surface area contributed by atoms with E-state index in [1.165, 1.54) is 0 Å². The largest absolute Gasteiger partial charge is 0.399 e. The summed E-state index contributed by atoms with van der Waals surface area (Å²) in [7, 11) is 0. The van der Waals surface area contributed by atoms with Gasteiger partial charge in [0.05, 0.1) is 12.2 Å². The number of aromatic amines is 1. The fourth-order valence-electron chi connectivity index (χ4n) is 1.11. The van der Waals surface area contributed by atoms with Crippen LogP contribution in [0, 0.1) is 0 Å². The van der Waals surface area contributed by atoms with E-state index < -0.39 is 0 Å². The van der Waals surface area contributed by atoms with Gasteiger partial charge < -0.3 is 11.1 Å². The minimum atomic E-state index is 0.663. The van der Waals surface area contributed by atoms with Crippen LogP contribution in [0.25, 0.3) is 0 Å². The highest BCUT2D eigenvalue weighted by atomic mass is 15.1. The molecule has 0 aliphatic heterocycles. The molecule has 0 fully saturated rings. The van der Waals surface area contributed by atoms with E-state index in [9.17, 15) is 0 Å². The quantitative estimate of drug-likeness (QED) is 0.673. The number of anilines is 2. The molecule has 0 aromatic carbocycles. The van der Waals surface area contributed by atoms with Crippen molar-refractivity contribution in [3.8, 4) is 0 Å². The summed E-state index contributed by atoms with van der Waals surface area (Å²) in [6, 6.07) is 5.44. The predicted octanol–water partition coefficient (Wildman–Crippen LogP) is 0.999. The lowest BCUT2D eigenvalue weighted by molar-refractivity contribution is 0.975. The molecule has 0 aliphatic rings. The number of pyridine rings is 1. The second-order valence-corrected chi connectivity index (χ2v) is 2.91. The lowest BCUT2D eigenvalue weighted by Crippen LogP contribution is -2.02. The fraction of sp³-hybridized carbons (Fsp3) is 0.111. The summed E-state index contributed by atoms with van der Waals surface area (Å²) < 4.78 is 0. The van der Waals surface area contributed by atoms with Crippen LogP contribution in [0.15, 0.2) is 30.6 Å². The number of rotatable bonds is 3. The molecule has 0 amide bonds. The Hall–Kier alpha value is -2.04. The highest BCUT2D eigenvalue weighted by Gasteiger charge is 1.95. The van der Waals surface area contributed by atoms with Crippen molar-refractivity contribution in [2.75, 3.05) is 11.1 Å². The highest BCUT2D eigenvalue weighted by molar-refractivity contribution is 5.48. The molecule has 0 bridgehead atoms. The van der Waals surface area contributed by atoms with Crippen LogP contribution < -0.4 is 11.1 Å². The SMILES string of the molecule is Nc1ccnc(NCc2ccn[nH]2)c1. The molecule has 2 heterocycles. The number of H-pyrrole nitrogens is 1. The van der Waals surface area contributed by atoms with Gasteiger partial charge in [0.25, 0.3) is 0 Å². The van der Waals surface area contributed by atoms with Gasteiger partial charge in [-0.15, -0.1) is 0 Å². The van der Waals surface area contributed by atoms with E-state index >= 15 is 0 Å². The van der Waals surface area contributed by atoms with Crippen molar-refractivity contribution in [3.63, 3.8) is 0 Å². The van der Waals surface area contributed by atoms with Crippen molar-refractivity contribution in [1.82, 2.24) is 15.2 Å². The summed E-state index contributed by atoms with van der Waals surface area (Å²) in [6.07, 6.45) is 3.38. The maximum Gasteiger partial charge on any atom is 0.128 e. The van der Waals surface area contributed by atoms with Crippen molar-refractivity contribution in [3.05, 3.63) is 36.3 Å². The Morgan fingerprint density at radius 3 is 3.00 bits per heavy atom. The fourth-order valence-corrected chi connectivity index (χ4v) is 1.11. The average molecular weight is 189 g/mol. The summed E-state index contributed by atoms with van der Waals surface area (Å²) in [5.41, 5.74) is 7.32. The molecule has 2 aromatic heterocycles. The molecule has 0 spiro atoms. The summed E-state index contributed by atoms with van der Waals surface area (Å²) >= 11 is 0. The Labute approximate surface area is 81.4 Å². The Kier molecular flexibility index (Phi) is 2.31. The first kappa shape index (κ1) is 8.55. The second-order valence-electron chi connectivity index (χ2n) is 2.91. The summed E-state index contributed by atoms with van der Waals surface area (Å²) in [6.45, 7) is 0.663. The summed E-state index contributed by atoms with van der Waals surface area (Å²) in [5, 5.41) is 9.82. The average Bonchev–Trinajstić information content (AvgIpc) is 2.67. The number of nitrogens with zero attached hydrogens (tertiary/aromatic N) is 2. The molecule has 0 radical (unpaired) electrons. The zero-order valence-corrected chi connectivity index (χ0v) is 7.57. The van der Waals surface area contributed by atoms with Gasteiger partial charge in [-0.05, 0) is 12.1 Å². The van der Waals surface area contributed by atoms with Crippen LogP contribution in [0.1, 0.15) is 5.69 Å². The summed E-state index contributed by atoms with van der Waals surface area (Å²) in [5.74, 6) is 0.764. The maximum absolute atomic E-state index is 5.61. The molecule has 4 N–H and O–H groups in total. The van der Waals surface area contributed by atoms with Crippen molar-refractivity contribution in [2.24, 2.45) is 0 Å². The number of nitrogens with one attached hydrogen (secondary N) is 2. The summed E-state index contributed by atoms with van der Waals surface area (Å²) in [4.78, 5) is 4.11. The van der Waals surface area contributed by atoms with Gasteiger partial charge in [0.1, 0.15) is 5.82 Å². The Bertz CT molecular complexity index is 395. The first-order valence-corrected chi connectivity index (χ1v) is 4.28. The van der Waals surface area contributed by atoms with Gasteiger partial charge in [-0.3, -0.25) is 5.10 Å². The Morgan fingerprint density at radius 1 is 1.36 bits per heavy atom. The minimum absolute atomic E-state index is 0.663. The van der Waals surface area contributed by atoms with Gasteiger partial charge in [-0.1, -0.05) is 0 Å². The minimum Gasteiger partial charge on any atom is -0.399 e. The molecule has 2 rings (SSSR count). The van der Waals surface area contributed by atoms with Gasteiger partial charge in [0, 0.05) is 24.1 Å². The van der Waals surface area contributed by atoms with Crippen molar-refractivity contribution >= 4 is 11.5 Å². The van der Waals surface area contributed by atoms with Crippen molar-refractivity contribution < 1.29 is 0 Å². The normalized spacial score (nSPS) is 10.0. The first-order chi connectivity index (χ1) is 6.84. The third-order valence-electron chi connectivity index (χ3n) is 1.80. The molecule has 5 heteroatoms. The van der Waals surface area contributed by atoms with E-state index in [2.05, 4.69) is 20.5 Å². The molecule has 0 atom stereocenters. The lowest BCUT2D eigenvalue weighted by Gasteiger charge is -2.03. The molecule has 2 aromatic rings. The van der Waals surface area contributed by atoms with Gasteiger partial charge >= 0.3 is 0 Å². The zero-order chi connectivity index (χ0) is 9.80. The van der Waals surface area contributed by atoms with E-state index in [4.69, 9.17) is 5.73 Å². The molecule has 72 valence electrons. The molecule has 0 saturated carbocycles. The third-order valence-corrected chi connectivity index (χ3v) is 1.80. The molecule has 5 nitrogen and oxygen atoms in total. The molecule has 14 heavy (non-hydrogen) atoms. The number of aromatic nitrogens is 3. The monoisotopic (exact) mass is 189 g/mol. The van der Waals surface area contributed by atoms with E-state index in [0.717, 1.165) is 11.5 Å². The Balaban J connectivity index is 1.98. The zero-order valence-electron chi connectivity index (χ0n) is 7.57. The number of nitrogens with two attached hydrogens (primary N) is 1. The number of nitrogen functional groups attached to an aromatic ring is 1. The van der Waals surface area contributed by atoms with Crippen LogP contribution in [-0.4, -0.2) is 15.2 Å². The number of hydrogen-bond donors (Lipinski definition) is 3. The van der Waals surface area contributed by atoms with Crippen LogP contribution in [0.4, 0.5) is 11.5 Å². The van der Waals surface area contributed by atoms with Crippen LogP contribution >= 0.6 is 0 Å². The maximum atomic E-state index is 5.61. The third kappa shape index (κ3) is 2.01. The smallest absolute Gasteiger partial charge is 0.128 e. The first-order valence-electron chi connectivity index (χ1n) is 4.28. The molecular weight excluding hydrogens is 178 g/mol. The predicted molar refractivity (Wildman–Crippen MR) is 54.6 cm³/mol. The van der Waals surface area contributed by atoms with E-state index in [1.54, 1.807) is 24.5 Å². The van der Waals surface area contributed by atoms with Gasteiger partial charge in [-0.2, -0.15) is 5.10 Å². The van der Waals surface area contributed by atoms with E-state index in [0.29, 0.717) is 12.2 Å². The molecular formula is C9H11N5. The van der Waals surface area contributed by atoms with Crippen LogP contribution in [0.5, 0.6) is 0 Å². The van der Waals surface area contributed by atoms with Crippen LogP contribution in [-0.2, 0) is 6.54 Å². The van der Waals surface area contributed by atoms with Crippen molar-refractivity contribution in [2.45, 2.75) is 6.54 Å². The van der Waals surface area contributed by atoms with Crippen LogP contribution in [0.2, 0.25) is 0 Å². The van der Waals surface area contributed by atoms with Gasteiger partial charge in [0.15, 0.2) is 0 Å². The molecule has 0 unspecified atom stereocenters. The van der Waals surface area contributed by atoms with E-state index in [-0.39, 0.29) is 0 Å². The van der Waals surface area contributed by atoms with E-state index in [1.807, 2.05) is 6.07 Å². The van der Waals surface area contributed by atoms with Crippen LogP contribution in [0.3, 0.4) is 0 Å². The van der Waals surface area contributed by atoms with Gasteiger partial charge in [-0.25, -0.2) is 4.98 Å². The topological polar surface area (TPSA) is 79.6 Å². The highest BCUT2D eigenvalue weighted by Crippen LogP contribution is 2.08. The molecule has 0 saturated heterocycles. The van der Waals surface area contributed by atoms with Crippen molar-refractivity contribution in [1.29, 1.82) is 0 Å². The van der Waals surface area contributed by atoms with Gasteiger partial charge in [0.2, 0.25) is 0 Å². The number of hydrogen-bond acceptors (Lipinski definition) is 4.